The van der Waals surface area contributed by atoms with Gasteiger partial charge < -0.3 is 9.80 Å². The van der Waals surface area contributed by atoms with Crippen molar-refractivity contribution in [1.29, 1.82) is 0 Å². The number of aromatic nitrogens is 1. The van der Waals surface area contributed by atoms with Gasteiger partial charge in [-0.15, -0.1) is 11.8 Å². The van der Waals surface area contributed by atoms with Gasteiger partial charge >= 0.3 is 0 Å². The number of nitrogens with zero attached hydrogens (tertiary/aromatic N) is 4. The van der Waals surface area contributed by atoms with Crippen molar-refractivity contribution in [2.75, 3.05) is 31.9 Å². The molecule has 4 rings (SSSR count). The molecule has 0 saturated carbocycles. The Balaban J connectivity index is 1.42. The summed E-state index contributed by atoms with van der Waals surface area (Å²) in [6, 6.07) is 14.6. The molecule has 24 heavy (non-hydrogen) atoms. The fourth-order valence-corrected chi connectivity index (χ4v) is 3.91. The Labute approximate surface area is 146 Å². The molecule has 0 aliphatic carbocycles. The normalized spacial score (nSPS) is 16.7. The maximum absolute atomic E-state index is 4.91. The van der Waals surface area contributed by atoms with Crippen LogP contribution in [0.5, 0.6) is 0 Å². The minimum absolute atomic E-state index is 0.943. The molecule has 2 aromatic rings. The zero-order chi connectivity index (χ0) is 16.2. The number of hydrogen-bond donors (Lipinski definition) is 0. The van der Waals surface area contributed by atoms with E-state index in [-0.39, 0.29) is 0 Å². The average molecular weight is 336 g/mol. The highest BCUT2D eigenvalue weighted by molar-refractivity contribution is 7.99. The molecule has 1 fully saturated rings. The quantitative estimate of drug-likeness (QED) is 0.785. The molecule has 1 aromatic carbocycles. The number of rotatable bonds is 5. The van der Waals surface area contributed by atoms with Gasteiger partial charge in [-0.1, -0.05) is 18.2 Å². The maximum atomic E-state index is 4.91. The molecule has 3 heterocycles. The van der Waals surface area contributed by atoms with Crippen LogP contribution in [0.15, 0.2) is 70.8 Å². The van der Waals surface area contributed by atoms with Crippen molar-refractivity contribution in [3.8, 4) is 0 Å². The molecule has 0 N–H and O–H groups in total. The predicted molar refractivity (Wildman–Crippen MR) is 100.0 cm³/mol. The number of benzene rings is 1. The predicted octanol–water partition coefficient (Wildman–Crippen LogP) is 3.20. The lowest BCUT2D eigenvalue weighted by atomic mass is 10.2. The molecule has 2 aliphatic heterocycles. The molecular formula is C19H20N4S. The zero-order valence-corrected chi connectivity index (χ0v) is 14.3. The lowest BCUT2D eigenvalue weighted by Crippen LogP contribution is -2.36. The van der Waals surface area contributed by atoms with E-state index in [0.717, 1.165) is 49.2 Å². The smallest absolute Gasteiger partial charge is 0.202 e. The third-order valence-corrected chi connectivity index (χ3v) is 5.27. The average Bonchev–Trinajstić information content (AvgIpc) is 3.06. The Kier molecular flexibility index (Phi) is 4.51. The van der Waals surface area contributed by atoms with E-state index in [0.29, 0.717) is 0 Å². The van der Waals surface area contributed by atoms with Gasteiger partial charge in [-0.05, 0) is 30.3 Å². The first-order valence-electron chi connectivity index (χ1n) is 8.27. The molecule has 0 bridgehead atoms. The molecule has 5 heteroatoms. The van der Waals surface area contributed by atoms with E-state index in [1.54, 1.807) is 0 Å². The zero-order valence-electron chi connectivity index (χ0n) is 13.5. The van der Waals surface area contributed by atoms with Gasteiger partial charge in [-0.2, -0.15) is 0 Å². The Morgan fingerprint density at radius 3 is 2.67 bits per heavy atom. The van der Waals surface area contributed by atoms with Crippen molar-refractivity contribution in [2.24, 2.45) is 4.99 Å². The van der Waals surface area contributed by atoms with Crippen LogP contribution in [0, 0.1) is 0 Å². The highest BCUT2D eigenvalue weighted by atomic mass is 32.2. The van der Waals surface area contributed by atoms with Crippen molar-refractivity contribution in [2.45, 2.75) is 4.90 Å². The monoisotopic (exact) mass is 336 g/mol. The van der Waals surface area contributed by atoms with Crippen LogP contribution < -0.4 is 0 Å². The summed E-state index contributed by atoms with van der Waals surface area (Å²) in [5.41, 5.74) is 2.20. The van der Waals surface area contributed by atoms with Gasteiger partial charge in [0.1, 0.15) is 0 Å². The minimum atomic E-state index is 0.943. The lowest BCUT2D eigenvalue weighted by Gasteiger charge is -2.26. The van der Waals surface area contributed by atoms with Crippen LogP contribution in [0.25, 0.3) is 5.70 Å². The van der Waals surface area contributed by atoms with Crippen LogP contribution in [0.4, 0.5) is 0 Å². The van der Waals surface area contributed by atoms with Crippen LogP contribution in [0.2, 0.25) is 0 Å². The van der Waals surface area contributed by atoms with Gasteiger partial charge in [0.05, 0.1) is 5.70 Å². The van der Waals surface area contributed by atoms with E-state index < -0.39 is 0 Å². The molecule has 2 aliphatic rings. The molecule has 0 radical (unpaired) electrons. The number of aliphatic imine (C=N–C) groups is 1. The van der Waals surface area contributed by atoms with Crippen LogP contribution in [0.1, 0.15) is 5.56 Å². The third kappa shape index (κ3) is 3.31. The van der Waals surface area contributed by atoms with E-state index in [1.165, 1.54) is 4.90 Å². The summed E-state index contributed by atoms with van der Waals surface area (Å²) < 4.78 is 0. The van der Waals surface area contributed by atoms with E-state index in [4.69, 9.17) is 4.99 Å². The number of guanidine groups is 1. The van der Waals surface area contributed by atoms with Crippen LogP contribution in [-0.2, 0) is 0 Å². The number of hydrogen-bond acceptors (Lipinski definition) is 5. The van der Waals surface area contributed by atoms with Gasteiger partial charge in [0, 0.05) is 54.8 Å². The van der Waals surface area contributed by atoms with Crippen LogP contribution in [0.3, 0.4) is 0 Å². The largest absolute Gasteiger partial charge is 0.340 e. The van der Waals surface area contributed by atoms with Crippen molar-refractivity contribution < 1.29 is 0 Å². The lowest BCUT2D eigenvalue weighted by molar-refractivity contribution is 0.493. The van der Waals surface area contributed by atoms with Crippen molar-refractivity contribution in [3.05, 3.63) is 66.5 Å². The number of thioether (sulfide) groups is 1. The highest BCUT2D eigenvalue weighted by Crippen LogP contribution is 2.24. The molecule has 0 amide bonds. The molecule has 122 valence electrons. The first kappa shape index (κ1) is 15.3. The van der Waals surface area contributed by atoms with Gasteiger partial charge in [-0.3, -0.25) is 4.98 Å². The summed E-state index contributed by atoms with van der Waals surface area (Å²) in [6.45, 7) is 4.10. The van der Waals surface area contributed by atoms with Crippen molar-refractivity contribution in [3.63, 3.8) is 0 Å². The number of fused-ring (bicyclic) bond motifs is 1. The Morgan fingerprint density at radius 2 is 1.83 bits per heavy atom. The second-order valence-corrected chi connectivity index (χ2v) is 7.00. The third-order valence-electron chi connectivity index (χ3n) is 4.28. The molecule has 1 aromatic heterocycles. The van der Waals surface area contributed by atoms with Gasteiger partial charge in [0.2, 0.25) is 5.96 Å². The maximum Gasteiger partial charge on any atom is 0.202 e. The molecular weight excluding hydrogens is 316 g/mol. The highest BCUT2D eigenvalue weighted by Gasteiger charge is 2.28. The molecule has 4 nitrogen and oxygen atoms in total. The van der Waals surface area contributed by atoms with Gasteiger partial charge in [-0.25, -0.2) is 4.99 Å². The second-order valence-electron chi connectivity index (χ2n) is 5.83. The minimum Gasteiger partial charge on any atom is -0.340 e. The topological polar surface area (TPSA) is 31.7 Å². The van der Waals surface area contributed by atoms with Crippen molar-refractivity contribution in [1.82, 2.24) is 14.8 Å². The van der Waals surface area contributed by atoms with Gasteiger partial charge in [0.15, 0.2) is 0 Å². The summed E-state index contributed by atoms with van der Waals surface area (Å²) >= 11 is 1.91. The van der Waals surface area contributed by atoms with E-state index in [2.05, 4.69) is 51.2 Å². The van der Waals surface area contributed by atoms with E-state index in [1.807, 2.05) is 36.3 Å². The summed E-state index contributed by atoms with van der Waals surface area (Å²) in [5, 5.41) is 0. The number of pyridine rings is 1. The summed E-state index contributed by atoms with van der Waals surface area (Å²) in [7, 11) is 0. The molecule has 0 spiro atoms. The fraction of sp³-hybridized carbons (Fsp3) is 0.263. The van der Waals surface area contributed by atoms with E-state index in [9.17, 15) is 0 Å². The second kappa shape index (κ2) is 7.09. The first-order valence-corrected chi connectivity index (χ1v) is 9.26. The molecule has 1 saturated heterocycles. The summed E-state index contributed by atoms with van der Waals surface area (Å²) in [5.74, 6) is 2.20. The molecule has 0 unspecified atom stereocenters. The SMILES string of the molecule is C1=C(c2ccncc2)N=C2N(C1)CCN2CCSc1ccccc1. The Morgan fingerprint density at radius 1 is 1.00 bits per heavy atom. The Hall–Kier alpha value is -2.27. The summed E-state index contributed by atoms with van der Waals surface area (Å²) in [6.07, 6.45) is 5.86. The molecule has 0 atom stereocenters. The summed E-state index contributed by atoms with van der Waals surface area (Å²) in [4.78, 5) is 15.1. The fourth-order valence-electron chi connectivity index (χ4n) is 3.01. The van der Waals surface area contributed by atoms with Crippen LogP contribution >= 0.6 is 11.8 Å². The Bertz CT molecular complexity index is 742. The van der Waals surface area contributed by atoms with Crippen molar-refractivity contribution >= 4 is 23.4 Å². The first-order chi connectivity index (χ1) is 11.9. The standard InChI is InChI=1S/C19H20N4S/c1-2-4-17(5-3-1)24-15-14-23-13-12-22-11-8-18(21-19(22)23)16-6-9-20-10-7-16/h1-10H,11-15H2. The van der Waals surface area contributed by atoms with Crippen LogP contribution in [-0.4, -0.2) is 52.7 Å². The van der Waals surface area contributed by atoms with E-state index >= 15 is 0 Å². The van der Waals surface area contributed by atoms with Gasteiger partial charge in [0.25, 0.3) is 0 Å².